The first-order valence-corrected chi connectivity index (χ1v) is 7.05. The molecular weight excluding hydrogens is 244 g/mol. The van der Waals surface area contributed by atoms with Crippen LogP contribution >= 0.6 is 0 Å². The average Bonchev–Trinajstić information content (AvgIpc) is 2.73. The molecule has 3 rings (SSSR count). The summed E-state index contributed by atoms with van der Waals surface area (Å²) >= 11 is 0. The van der Waals surface area contributed by atoms with Gasteiger partial charge in [-0.15, -0.1) is 0 Å². The number of ketones is 1. The van der Waals surface area contributed by atoms with Crippen molar-refractivity contribution in [2.75, 3.05) is 0 Å². The molecule has 0 bridgehead atoms. The van der Waals surface area contributed by atoms with Gasteiger partial charge in [0, 0.05) is 11.8 Å². The van der Waals surface area contributed by atoms with E-state index >= 15 is 0 Å². The highest BCUT2D eigenvalue weighted by Crippen LogP contribution is 2.46. The molecule has 0 N–H and O–H groups in total. The van der Waals surface area contributed by atoms with Gasteiger partial charge in [0.1, 0.15) is 0 Å². The van der Waals surface area contributed by atoms with E-state index in [9.17, 15) is 4.79 Å². The molecule has 1 aliphatic carbocycles. The monoisotopic (exact) mass is 262 g/mol. The maximum atomic E-state index is 12.4. The van der Waals surface area contributed by atoms with Crippen LogP contribution in [0.5, 0.6) is 0 Å². The second-order valence-corrected chi connectivity index (χ2v) is 5.45. The number of benzene rings is 2. The van der Waals surface area contributed by atoms with E-state index in [2.05, 4.69) is 24.3 Å². The maximum Gasteiger partial charge on any atom is 0.162 e. The van der Waals surface area contributed by atoms with Crippen molar-refractivity contribution in [1.29, 1.82) is 0 Å². The van der Waals surface area contributed by atoms with Crippen LogP contribution in [0.25, 0.3) is 5.57 Å². The molecule has 0 spiro atoms. The summed E-state index contributed by atoms with van der Waals surface area (Å²) < 4.78 is 0. The van der Waals surface area contributed by atoms with E-state index in [0.29, 0.717) is 0 Å². The molecule has 1 nitrogen and oxygen atoms in total. The quantitative estimate of drug-likeness (QED) is 0.780. The zero-order chi connectivity index (χ0) is 14.1. The Balaban J connectivity index is 2.15. The fraction of sp³-hybridized carbons (Fsp3) is 0.211. The molecule has 0 fully saturated rings. The van der Waals surface area contributed by atoms with Gasteiger partial charge in [-0.2, -0.15) is 0 Å². The Labute approximate surface area is 120 Å². The summed E-state index contributed by atoms with van der Waals surface area (Å²) in [5.74, 6) is 0.469. The summed E-state index contributed by atoms with van der Waals surface area (Å²) in [5.41, 5.74) is 4.49. The summed E-state index contributed by atoms with van der Waals surface area (Å²) in [5, 5.41) is 0. The average molecular weight is 262 g/mol. The van der Waals surface area contributed by atoms with Crippen molar-refractivity contribution in [1.82, 2.24) is 0 Å². The van der Waals surface area contributed by atoms with E-state index in [1.165, 1.54) is 11.1 Å². The van der Waals surface area contributed by atoms with Gasteiger partial charge in [0.15, 0.2) is 5.78 Å². The van der Waals surface area contributed by atoms with E-state index in [1.807, 2.05) is 50.2 Å². The largest absolute Gasteiger partial charge is 0.294 e. The molecule has 1 heteroatoms. The molecule has 0 unspecified atom stereocenters. The number of hydrogen-bond acceptors (Lipinski definition) is 1. The van der Waals surface area contributed by atoms with Crippen LogP contribution in [0.3, 0.4) is 0 Å². The molecule has 2 aromatic carbocycles. The Hall–Kier alpha value is -2.15. The Morgan fingerprint density at radius 1 is 0.850 bits per heavy atom. The lowest BCUT2D eigenvalue weighted by Gasteiger charge is -2.20. The van der Waals surface area contributed by atoms with Crippen LogP contribution in [-0.4, -0.2) is 5.78 Å². The Morgan fingerprint density at radius 2 is 1.40 bits per heavy atom. The topological polar surface area (TPSA) is 17.1 Å². The second-order valence-electron chi connectivity index (χ2n) is 5.45. The highest BCUT2D eigenvalue weighted by Gasteiger charge is 2.38. The Morgan fingerprint density at radius 3 is 2.00 bits per heavy atom. The van der Waals surface area contributed by atoms with Gasteiger partial charge in [0.05, 0.1) is 0 Å². The van der Waals surface area contributed by atoms with Gasteiger partial charge >= 0.3 is 0 Å². The molecule has 1 aliphatic rings. The number of carbonyl (C=O) groups is 1. The second kappa shape index (κ2) is 5.09. The van der Waals surface area contributed by atoms with Gasteiger partial charge in [0.2, 0.25) is 0 Å². The van der Waals surface area contributed by atoms with E-state index in [4.69, 9.17) is 0 Å². The summed E-state index contributed by atoms with van der Waals surface area (Å²) in [7, 11) is 0. The minimum absolute atomic E-state index is 0.0209. The lowest BCUT2D eigenvalue weighted by molar-refractivity contribution is -0.118. The lowest BCUT2D eigenvalue weighted by atomic mass is 9.83. The smallest absolute Gasteiger partial charge is 0.162 e. The molecular formula is C19H18O. The van der Waals surface area contributed by atoms with Crippen molar-refractivity contribution < 1.29 is 4.79 Å². The van der Waals surface area contributed by atoms with Gasteiger partial charge in [-0.1, -0.05) is 67.6 Å². The van der Waals surface area contributed by atoms with Crippen molar-refractivity contribution in [2.24, 2.45) is 5.92 Å². The van der Waals surface area contributed by atoms with Gasteiger partial charge in [0.25, 0.3) is 0 Å². The minimum atomic E-state index is 0.0209. The molecule has 2 aromatic rings. The SMILES string of the molecule is CC1=C(c2ccccc2)[C@@H](c2ccccc2)[C@H](C)C1=O. The molecule has 0 radical (unpaired) electrons. The van der Waals surface area contributed by atoms with E-state index in [1.54, 1.807) is 0 Å². The summed E-state index contributed by atoms with van der Waals surface area (Å²) in [6, 6.07) is 20.6. The fourth-order valence-electron chi connectivity index (χ4n) is 3.24. The predicted octanol–water partition coefficient (Wildman–Crippen LogP) is 4.46. The first-order valence-electron chi connectivity index (χ1n) is 7.05. The van der Waals surface area contributed by atoms with Crippen LogP contribution in [-0.2, 0) is 4.79 Å². The Kier molecular flexibility index (Phi) is 3.27. The van der Waals surface area contributed by atoms with Gasteiger partial charge in [-0.25, -0.2) is 0 Å². The van der Waals surface area contributed by atoms with E-state index in [-0.39, 0.29) is 17.6 Å². The molecule has 0 aliphatic heterocycles. The standard InChI is InChI=1S/C19H18O/c1-13-17(15-9-5-3-6-10-15)18(14(2)19(13)20)16-11-7-4-8-12-16/h3-13,17H,1-2H3/t13-,17+/m0/s1. The fourth-order valence-corrected chi connectivity index (χ4v) is 3.24. The number of hydrogen-bond donors (Lipinski definition) is 0. The van der Waals surface area contributed by atoms with Gasteiger partial charge in [-0.3, -0.25) is 4.79 Å². The molecule has 0 heterocycles. The Bertz CT molecular complexity index is 653. The van der Waals surface area contributed by atoms with Crippen molar-refractivity contribution in [2.45, 2.75) is 19.8 Å². The first-order chi connectivity index (χ1) is 9.70. The third kappa shape index (κ3) is 2.00. The van der Waals surface area contributed by atoms with Gasteiger partial charge < -0.3 is 0 Å². The van der Waals surface area contributed by atoms with Crippen molar-refractivity contribution in [3.8, 4) is 0 Å². The zero-order valence-electron chi connectivity index (χ0n) is 11.8. The molecule has 100 valence electrons. The third-order valence-corrected chi connectivity index (χ3v) is 4.24. The molecule has 0 aromatic heterocycles. The van der Waals surface area contributed by atoms with Crippen LogP contribution in [0.1, 0.15) is 30.9 Å². The minimum Gasteiger partial charge on any atom is -0.294 e. The first kappa shape index (κ1) is 12.9. The predicted molar refractivity (Wildman–Crippen MR) is 82.4 cm³/mol. The molecule has 0 saturated carbocycles. The van der Waals surface area contributed by atoms with E-state index in [0.717, 1.165) is 11.1 Å². The van der Waals surface area contributed by atoms with Crippen LogP contribution in [0.2, 0.25) is 0 Å². The third-order valence-electron chi connectivity index (χ3n) is 4.24. The van der Waals surface area contributed by atoms with Crippen LogP contribution in [0.15, 0.2) is 66.2 Å². The molecule has 0 amide bonds. The van der Waals surface area contributed by atoms with Crippen LogP contribution < -0.4 is 0 Å². The zero-order valence-corrected chi connectivity index (χ0v) is 11.8. The van der Waals surface area contributed by atoms with Crippen LogP contribution in [0, 0.1) is 5.92 Å². The van der Waals surface area contributed by atoms with Crippen LogP contribution in [0.4, 0.5) is 0 Å². The van der Waals surface area contributed by atoms with Crippen molar-refractivity contribution in [3.63, 3.8) is 0 Å². The summed E-state index contributed by atoms with van der Waals surface area (Å²) in [6.07, 6.45) is 0. The highest BCUT2D eigenvalue weighted by molar-refractivity contribution is 6.10. The number of carbonyl (C=O) groups excluding carboxylic acids is 1. The number of allylic oxidation sites excluding steroid dienone is 2. The number of Topliss-reactive ketones (excluding diaryl/α,β-unsaturated/α-hetero) is 1. The normalized spacial score (nSPS) is 22.4. The van der Waals surface area contributed by atoms with Crippen molar-refractivity contribution in [3.05, 3.63) is 77.4 Å². The highest BCUT2D eigenvalue weighted by atomic mass is 16.1. The molecule has 20 heavy (non-hydrogen) atoms. The molecule has 2 atom stereocenters. The lowest BCUT2D eigenvalue weighted by Crippen LogP contribution is -2.12. The van der Waals surface area contributed by atoms with Crippen molar-refractivity contribution >= 4 is 11.4 Å². The number of rotatable bonds is 2. The summed E-state index contributed by atoms with van der Waals surface area (Å²) in [4.78, 5) is 12.4. The van der Waals surface area contributed by atoms with Gasteiger partial charge in [-0.05, 0) is 29.2 Å². The maximum absolute atomic E-state index is 12.4. The molecule has 0 saturated heterocycles. The summed E-state index contributed by atoms with van der Waals surface area (Å²) in [6.45, 7) is 4.00. The van der Waals surface area contributed by atoms with E-state index < -0.39 is 0 Å².